The van der Waals surface area contributed by atoms with Crippen molar-refractivity contribution in [1.29, 1.82) is 0 Å². The molecule has 0 aliphatic heterocycles. The number of aromatic hydroxyl groups is 1. The molecule has 2 rings (SSSR count). The number of hydrogen-bond acceptors (Lipinski definition) is 5. The number of ether oxygens (including phenoxy) is 1. The van der Waals surface area contributed by atoms with Crippen molar-refractivity contribution >= 4 is 36.1 Å². The first kappa shape index (κ1) is 25.1. The van der Waals surface area contributed by atoms with Gasteiger partial charge in [-0.2, -0.15) is 0 Å². The van der Waals surface area contributed by atoms with Crippen molar-refractivity contribution in [3.63, 3.8) is 0 Å². The molecule has 30 heavy (non-hydrogen) atoms. The summed E-state index contributed by atoms with van der Waals surface area (Å²) in [5.41, 5.74) is 1.26. The molecule has 0 saturated carbocycles. The van der Waals surface area contributed by atoms with Crippen LogP contribution in [0.5, 0.6) is 5.75 Å². The van der Waals surface area contributed by atoms with Gasteiger partial charge in [0.15, 0.2) is 0 Å². The van der Waals surface area contributed by atoms with Crippen molar-refractivity contribution in [2.45, 2.75) is 26.7 Å². The van der Waals surface area contributed by atoms with Gasteiger partial charge in [-0.1, -0.05) is 30.9 Å². The fraction of sp³-hybridized carbons (Fsp3) is 0.238. The van der Waals surface area contributed by atoms with Crippen LogP contribution >= 0.6 is 0 Å². The number of carbonyl (C=O) groups excluding carboxylic acids is 2. The third-order valence-corrected chi connectivity index (χ3v) is 5.64. The average Bonchev–Trinajstić information content (AvgIpc) is 2.69. The number of anilines is 1. The molecule has 160 valence electrons. The van der Waals surface area contributed by atoms with Crippen molar-refractivity contribution in [1.82, 2.24) is 0 Å². The summed E-state index contributed by atoms with van der Waals surface area (Å²) in [7, 11) is 1.37. The van der Waals surface area contributed by atoms with E-state index in [9.17, 15) is 18.4 Å². The van der Waals surface area contributed by atoms with Gasteiger partial charge >= 0.3 is 94.1 Å². The first-order valence-corrected chi connectivity index (χ1v) is 12.3. The van der Waals surface area contributed by atoms with E-state index in [4.69, 9.17) is 8.19 Å². The Bertz CT molecular complexity index is 1000. The van der Waals surface area contributed by atoms with Crippen LogP contribution in [0.25, 0.3) is 0 Å². The molecule has 8 nitrogen and oxygen atoms in total. The zero-order valence-electron chi connectivity index (χ0n) is 16.9. The molecule has 0 fully saturated rings. The molecule has 0 heterocycles. The minimum Gasteiger partial charge on any atom is -0.465 e. The molecule has 0 bridgehead atoms. The van der Waals surface area contributed by atoms with Crippen LogP contribution in [0.15, 0.2) is 42.5 Å². The Labute approximate surface area is 177 Å². The number of hydrogen-bond donors (Lipinski definition) is 4. The van der Waals surface area contributed by atoms with E-state index in [0.717, 1.165) is 24.5 Å². The van der Waals surface area contributed by atoms with E-state index in [2.05, 4.69) is 28.8 Å². The number of rotatable bonds is 4. The summed E-state index contributed by atoms with van der Waals surface area (Å²) >= 11 is -5.15. The molecule has 4 N–H and O–H groups in total. The van der Waals surface area contributed by atoms with Crippen LogP contribution in [0, 0.1) is 11.8 Å². The maximum absolute atomic E-state index is 11.4. The molecule has 0 unspecified atom stereocenters. The topological polar surface area (TPSA) is 133 Å². The number of phenols is 1. The maximum atomic E-state index is 11.4. The van der Waals surface area contributed by atoms with Crippen LogP contribution in [-0.2, 0) is 13.3 Å². The van der Waals surface area contributed by atoms with E-state index in [1.54, 1.807) is 12.1 Å². The van der Waals surface area contributed by atoms with E-state index in [-0.39, 0.29) is 11.7 Å². The molecular formula is C21H24AsNO7. The smallest absolute Gasteiger partial charge is 0.339 e. The average molecular weight is 477 g/mol. The van der Waals surface area contributed by atoms with Gasteiger partial charge < -0.3 is 4.74 Å². The molecule has 1 amide bonds. The minimum absolute atomic E-state index is 0.00951. The Hall–Kier alpha value is -2.98. The molecule has 0 atom stereocenters. The summed E-state index contributed by atoms with van der Waals surface area (Å²) in [4.78, 5) is 22.1. The van der Waals surface area contributed by atoms with Gasteiger partial charge in [0.2, 0.25) is 0 Å². The number of phenolic OH excluding ortho intramolecular Hbond substituents is 1. The van der Waals surface area contributed by atoms with Gasteiger partial charge in [-0.3, -0.25) is 0 Å². The number of para-hydroxylation sites is 1. The molecule has 9 heteroatoms. The minimum atomic E-state index is -5.15. The molecule has 0 aliphatic carbocycles. The number of nitrogens with one attached hydrogen (secondary N) is 1. The first-order chi connectivity index (χ1) is 14.1. The fourth-order valence-corrected chi connectivity index (χ4v) is 3.64. The van der Waals surface area contributed by atoms with Gasteiger partial charge in [0.05, 0.1) is 12.7 Å². The number of esters is 1. The molecule has 0 aromatic heterocycles. The molecule has 0 radical (unpaired) electrons. The number of amides is 1. The van der Waals surface area contributed by atoms with Crippen molar-refractivity contribution in [3.8, 4) is 17.6 Å². The van der Waals surface area contributed by atoms with Gasteiger partial charge in [-0.25, -0.2) is 4.79 Å². The summed E-state index contributed by atoms with van der Waals surface area (Å²) in [5, 5.41) is 11.7. The number of benzene rings is 2. The van der Waals surface area contributed by atoms with E-state index >= 15 is 0 Å². The van der Waals surface area contributed by atoms with Gasteiger partial charge in [-0.05, 0) is 18.6 Å². The third kappa shape index (κ3) is 7.80. The first-order valence-electron chi connectivity index (χ1n) is 8.93. The molecule has 2 aromatic carbocycles. The zero-order chi connectivity index (χ0) is 22.7. The SMILES string of the molecule is CC(=O)Nc1cccc([As](=O)(O)O)c1O.CCCC#Cc1ccccc1C(=O)OC. The summed E-state index contributed by atoms with van der Waals surface area (Å²) in [5.74, 6) is 4.64. The Morgan fingerprint density at radius 2 is 1.80 bits per heavy atom. The summed E-state index contributed by atoms with van der Waals surface area (Å²) in [6.07, 6.45) is 1.86. The second kappa shape index (κ2) is 11.9. The fourth-order valence-electron chi connectivity index (χ4n) is 2.22. The van der Waals surface area contributed by atoms with Crippen LogP contribution in [0.4, 0.5) is 5.69 Å². The normalized spacial score (nSPS) is 10.0. The second-order valence-corrected chi connectivity index (χ2v) is 9.28. The molecule has 2 aromatic rings. The third-order valence-electron chi connectivity index (χ3n) is 3.57. The number of methoxy groups -OCH3 is 1. The Morgan fingerprint density at radius 1 is 1.13 bits per heavy atom. The molecular weight excluding hydrogens is 453 g/mol. The summed E-state index contributed by atoms with van der Waals surface area (Å²) < 4.78 is 33.1. The van der Waals surface area contributed by atoms with Crippen molar-refractivity contribution in [2.24, 2.45) is 0 Å². The van der Waals surface area contributed by atoms with Crippen LogP contribution in [0.2, 0.25) is 0 Å². The van der Waals surface area contributed by atoms with Crippen LogP contribution in [0.3, 0.4) is 0 Å². The standard InChI is InChI=1S/C13H14O2.C8H10AsNO5/c1-3-4-5-8-11-9-6-7-10-12(11)13(14)15-2;1-5(11)10-7-4-2-3-6(8(7)12)9(13,14)15/h6-7,9-10H,3-4H2,1-2H3;2-4,12H,1H3,(H,10,11)(H2,13,14,15). The van der Waals surface area contributed by atoms with E-state index in [1.165, 1.54) is 26.2 Å². The quantitative estimate of drug-likeness (QED) is 0.227. The maximum Gasteiger partial charge on any atom is 0.339 e. The molecule has 0 saturated heterocycles. The number of unbranched alkanes of at least 4 members (excludes halogenated alkanes) is 1. The molecule has 0 spiro atoms. The van der Waals surface area contributed by atoms with Gasteiger partial charge in [-0.15, -0.1) is 0 Å². The van der Waals surface area contributed by atoms with Crippen molar-refractivity contribution in [2.75, 3.05) is 12.4 Å². The number of carbonyl (C=O) groups is 2. The Balaban J connectivity index is 0.000000300. The largest absolute Gasteiger partial charge is 0.465 e. The monoisotopic (exact) mass is 477 g/mol. The van der Waals surface area contributed by atoms with Gasteiger partial charge in [0, 0.05) is 12.0 Å². The van der Waals surface area contributed by atoms with Crippen LogP contribution in [0.1, 0.15) is 42.6 Å². The van der Waals surface area contributed by atoms with E-state index in [1.807, 2.05) is 12.1 Å². The van der Waals surface area contributed by atoms with Gasteiger partial charge in [0.1, 0.15) is 0 Å². The predicted octanol–water partition coefficient (Wildman–Crippen LogP) is 1.54. The van der Waals surface area contributed by atoms with Crippen LogP contribution < -0.4 is 9.67 Å². The van der Waals surface area contributed by atoms with Crippen LogP contribution in [-0.4, -0.2) is 46.5 Å². The second-order valence-electron chi connectivity index (χ2n) is 5.99. The van der Waals surface area contributed by atoms with Crippen molar-refractivity contribution in [3.05, 3.63) is 53.6 Å². The predicted molar refractivity (Wildman–Crippen MR) is 112 cm³/mol. The summed E-state index contributed by atoms with van der Waals surface area (Å²) in [6, 6.07) is 11.0. The van der Waals surface area contributed by atoms with Crippen molar-refractivity contribution < 1.29 is 31.4 Å². The Kier molecular flexibility index (Phi) is 9.93. The van der Waals surface area contributed by atoms with Gasteiger partial charge in [0.25, 0.3) is 0 Å². The molecule has 0 aliphatic rings. The summed E-state index contributed by atoms with van der Waals surface area (Å²) in [6.45, 7) is 3.30. The van der Waals surface area contributed by atoms with E-state index < -0.39 is 30.2 Å². The Morgan fingerprint density at radius 3 is 2.37 bits per heavy atom. The van der Waals surface area contributed by atoms with E-state index in [0.29, 0.717) is 5.56 Å². The zero-order valence-corrected chi connectivity index (χ0v) is 18.8.